The number of carbonyl (C=O) groups excluding carboxylic acids is 1. The number of hydrogen-bond acceptors (Lipinski definition) is 2. The third-order valence-corrected chi connectivity index (χ3v) is 5.14. The minimum absolute atomic E-state index is 0.0823. The SMILES string of the molecule is CC1=C(C)C[C@@]2(C)[C@H](C1)C(=O)c1ccccc1[C@@H]2O. The first kappa shape index (κ1) is 12.6. The first-order valence-electron chi connectivity index (χ1n) is 6.91. The van der Waals surface area contributed by atoms with Crippen molar-refractivity contribution in [3.8, 4) is 0 Å². The number of ketones is 1. The number of aliphatic hydroxyl groups excluding tert-OH is 1. The van der Waals surface area contributed by atoms with Crippen molar-refractivity contribution in [2.45, 2.75) is 39.7 Å². The van der Waals surface area contributed by atoms with Gasteiger partial charge in [-0.3, -0.25) is 4.79 Å². The van der Waals surface area contributed by atoms with Gasteiger partial charge in [-0.2, -0.15) is 0 Å². The average Bonchev–Trinajstić information content (AvgIpc) is 2.40. The van der Waals surface area contributed by atoms with E-state index in [2.05, 4.69) is 20.8 Å². The fourth-order valence-electron chi connectivity index (χ4n) is 3.74. The number of fused-ring (bicyclic) bond motifs is 2. The van der Waals surface area contributed by atoms with Crippen molar-refractivity contribution < 1.29 is 9.90 Å². The van der Waals surface area contributed by atoms with E-state index in [9.17, 15) is 9.90 Å². The molecule has 2 nitrogen and oxygen atoms in total. The Hall–Kier alpha value is -1.41. The first-order valence-corrected chi connectivity index (χ1v) is 6.91. The summed E-state index contributed by atoms with van der Waals surface area (Å²) in [5.74, 6) is 0.122. The third-order valence-electron chi connectivity index (χ3n) is 5.14. The van der Waals surface area contributed by atoms with Gasteiger partial charge in [0.05, 0.1) is 6.10 Å². The van der Waals surface area contributed by atoms with Gasteiger partial charge in [0.1, 0.15) is 0 Å². The van der Waals surface area contributed by atoms with E-state index >= 15 is 0 Å². The van der Waals surface area contributed by atoms with Crippen LogP contribution >= 0.6 is 0 Å². The molecule has 0 aliphatic heterocycles. The van der Waals surface area contributed by atoms with Crippen LogP contribution in [0.1, 0.15) is 55.6 Å². The summed E-state index contributed by atoms with van der Waals surface area (Å²) in [6, 6.07) is 7.51. The van der Waals surface area contributed by atoms with Gasteiger partial charge in [0.2, 0.25) is 0 Å². The van der Waals surface area contributed by atoms with Gasteiger partial charge < -0.3 is 5.11 Å². The van der Waals surface area contributed by atoms with Crippen LogP contribution in [0.5, 0.6) is 0 Å². The highest BCUT2D eigenvalue weighted by Gasteiger charge is 2.51. The second-order valence-electron chi connectivity index (χ2n) is 6.35. The molecular weight excluding hydrogens is 236 g/mol. The molecule has 1 aromatic carbocycles. The summed E-state index contributed by atoms with van der Waals surface area (Å²) in [6.07, 6.45) is 1.05. The maximum Gasteiger partial charge on any atom is 0.167 e. The summed E-state index contributed by atoms with van der Waals surface area (Å²) < 4.78 is 0. The van der Waals surface area contributed by atoms with E-state index in [1.807, 2.05) is 24.3 Å². The molecule has 100 valence electrons. The van der Waals surface area contributed by atoms with Crippen LogP contribution in [0, 0.1) is 11.3 Å². The van der Waals surface area contributed by atoms with Crippen LogP contribution in [0.15, 0.2) is 35.4 Å². The van der Waals surface area contributed by atoms with Gasteiger partial charge in [0.25, 0.3) is 0 Å². The minimum Gasteiger partial charge on any atom is -0.388 e. The third kappa shape index (κ3) is 1.63. The van der Waals surface area contributed by atoms with Crippen molar-refractivity contribution in [2.75, 3.05) is 0 Å². The predicted octanol–water partition coefficient (Wildman–Crippen LogP) is 3.67. The van der Waals surface area contributed by atoms with Crippen molar-refractivity contribution in [1.29, 1.82) is 0 Å². The van der Waals surface area contributed by atoms with E-state index < -0.39 is 6.10 Å². The number of aliphatic hydroxyl groups is 1. The van der Waals surface area contributed by atoms with Gasteiger partial charge in [-0.1, -0.05) is 42.3 Å². The van der Waals surface area contributed by atoms with E-state index in [0.29, 0.717) is 5.56 Å². The first-order chi connectivity index (χ1) is 8.95. The molecule has 0 saturated heterocycles. The molecule has 0 bridgehead atoms. The highest BCUT2D eigenvalue weighted by atomic mass is 16.3. The zero-order valence-electron chi connectivity index (χ0n) is 11.7. The van der Waals surface area contributed by atoms with Crippen LogP contribution in [0.4, 0.5) is 0 Å². The van der Waals surface area contributed by atoms with Gasteiger partial charge in [0, 0.05) is 16.9 Å². The summed E-state index contributed by atoms with van der Waals surface area (Å²) in [5, 5.41) is 10.8. The van der Waals surface area contributed by atoms with Crippen LogP contribution in [-0.2, 0) is 0 Å². The van der Waals surface area contributed by atoms with E-state index in [0.717, 1.165) is 18.4 Å². The van der Waals surface area contributed by atoms with Crippen molar-refractivity contribution in [3.05, 3.63) is 46.5 Å². The van der Waals surface area contributed by atoms with E-state index in [1.54, 1.807) is 0 Å². The van der Waals surface area contributed by atoms with E-state index in [1.165, 1.54) is 11.1 Å². The second kappa shape index (κ2) is 4.04. The largest absolute Gasteiger partial charge is 0.388 e. The molecule has 19 heavy (non-hydrogen) atoms. The molecule has 0 radical (unpaired) electrons. The number of benzene rings is 1. The molecule has 2 aliphatic carbocycles. The zero-order valence-corrected chi connectivity index (χ0v) is 11.7. The lowest BCUT2D eigenvalue weighted by Crippen LogP contribution is -2.45. The second-order valence-corrected chi connectivity index (χ2v) is 6.35. The summed E-state index contributed by atoms with van der Waals surface area (Å²) in [7, 11) is 0. The van der Waals surface area contributed by atoms with Crippen molar-refractivity contribution in [2.24, 2.45) is 11.3 Å². The molecule has 0 spiro atoms. The number of Topliss-reactive ketones (excluding diaryl/α,β-unsaturated/α-hetero) is 1. The predicted molar refractivity (Wildman–Crippen MR) is 74.9 cm³/mol. The maximum absolute atomic E-state index is 12.7. The Kier molecular flexibility index (Phi) is 2.68. The Morgan fingerprint density at radius 3 is 2.63 bits per heavy atom. The monoisotopic (exact) mass is 256 g/mol. The molecule has 3 atom stereocenters. The Labute approximate surface area is 114 Å². The molecule has 0 amide bonds. The van der Waals surface area contributed by atoms with Crippen LogP contribution < -0.4 is 0 Å². The van der Waals surface area contributed by atoms with Gasteiger partial charge in [-0.15, -0.1) is 0 Å². The molecule has 0 heterocycles. The van der Waals surface area contributed by atoms with E-state index in [-0.39, 0.29) is 17.1 Å². The fourth-order valence-corrected chi connectivity index (χ4v) is 3.74. The Balaban J connectivity index is 2.17. The number of allylic oxidation sites excluding steroid dienone is 2. The summed E-state index contributed by atoms with van der Waals surface area (Å²) in [6.45, 7) is 6.29. The molecule has 2 heteroatoms. The molecule has 2 aliphatic rings. The molecule has 0 saturated carbocycles. The number of hydrogen-bond donors (Lipinski definition) is 1. The summed E-state index contributed by atoms with van der Waals surface area (Å²) in [4.78, 5) is 12.7. The van der Waals surface area contributed by atoms with Gasteiger partial charge in [-0.25, -0.2) is 0 Å². The van der Waals surface area contributed by atoms with Crippen molar-refractivity contribution in [1.82, 2.24) is 0 Å². The number of rotatable bonds is 0. The standard InChI is InChI=1S/C17H20O2/c1-10-8-14-15(18)12-6-4-5-7-13(12)16(19)17(14,3)9-11(10)2/h4-7,14,16,19H,8-9H2,1-3H3/t14-,16+,17+/m1/s1. The smallest absolute Gasteiger partial charge is 0.167 e. The summed E-state index contributed by atoms with van der Waals surface area (Å²) in [5.41, 5.74) is 3.80. The zero-order chi connectivity index (χ0) is 13.8. The lowest BCUT2D eigenvalue weighted by Gasteiger charge is -2.48. The van der Waals surface area contributed by atoms with Crippen LogP contribution in [-0.4, -0.2) is 10.9 Å². The molecule has 0 aromatic heterocycles. The lowest BCUT2D eigenvalue weighted by molar-refractivity contribution is -0.0170. The maximum atomic E-state index is 12.7. The highest BCUT2D eigenvalue weighted by molar-refractivity contribution is 6.01. The molecule has 0 fully saturated rings. The Morgan fingerprint density at radius 1 is 1.21 bits per heavy atom. The van der Waals surface area contributed by atoms with Crippen LogP contribution in [0.25, 0.3) is 0 Å². The Morgan fingerprint density at radius 2 is 1.89 bits per heavy atom. The molecular formula is C17H20O2. The van der Waals surface area contributed by atoms with Crippen molar-refractivity contribution in [3.63, 3.8) is 0 Å². The van der Waals surface area contributed by atoms with Gasteiger partial charge >= 0.3 is 0 Å². The quantitative estimate of drug-likeness (QED) is 0.719. The Bertz CT molecular complexity index is 585. The molecule has 1 N–H and O–H groups in total. The van der Waals surface area contributed by atoms with Crippen LogP contribution in [0.2, 0.25) is 0 Å². The molecule has 0 unspecified atom stereocenters. The fraction of sp³-hybridized carbons (Fsp3) is 0.471. The molecule has 1 aromatic rings. The topological polar surface area (TPSA) is 37.3 Å². The molecule has 3 rings (SSSR count). The minimum atomic E-state index is -0.547. The average molecular weight is 256 g/mol. The number of carbonyl (C=O) groups is 1. The lowest BCUT2D eigenvalue weighted by atomic mass is 9.56. The highest BCUT2D eigenvalue weighted by Crippen LogP contribution is 2.55. The van der Waals surface area contributed by atoms with Crippen LogP contribution in [0.3, 0.4) is 0 Å². The van der Waals surface area contributed by atoms with E-state index in [4.69, 9.17) is 0 Å². The van der Waals surface area contributed by atoms with Crippen molar-refractivity contribution >= 4 is 5.78 Å². The van der Waals surface area contributed by atoms with Gasteiger partial charge in [0.15, 0.2) is 5.78 Å². The normalized spacial score (nSPS) is 34.0. The van der Waals surface area contributed by atoms with Gasteiger partial charge in [-0.05, 0) is 32.3 Å². The summed E-state index contributed by atoms with van der Waals surface area (Å²) >= 11 is 0.